The van der Waals surface area contributed by atoms with Crippen LogP contribution < -0.4 is 0 Å². The molecule has 8 heteroatoms. The van der Waals surface area contributed by atoms with E-state index in [4.69, 9.17) is 9.97 Å². The van der Waals surface area contributed by atoms with Crippen LogP contribution in [0.15, 0.2) is 173 Å². The van der Waals surface area contributed by atoms with Gasteiger partial charge in [0, 0.05) is 95.3 Å². The monoisotopic (exact) mass is 786 g/mol. The summed E-state index contributed by atoms with van der Waals surface area (Å²) in [5.74, 6) is 0. The van der Waals surface area contributed by atoms with Gasteiger partial charge in [-0.25, -0.2) is 9.97 Å². The van der Waals surface area contributed by atoms with Gasteiger partial charge in [0.1, 0.15) is 0 Å². The zero-order chi connectivity index (χ0) is 41.0. The highest BCUT2D eigenvalue weighted by molar-refractivity contribution is 5.85. The lowest BCUT2D eigenvalue weighted by molar-refractivity contribution is 0.353. The van der Waals surface area contributed by atoms with Crippen LogP contribution in [-0.4, -0.2) is 65.7 Å². The van der Waals surface area contributed by atoms with Gasteiger partial charge in [-0.1, -0.05) is 72.9 Å². The molecule has 0 radical (unpaired) electrons. The minimum atomic E-state index is -0.105. The molecule has 3 aromatic heterocycles. The Bertz CT molecular complexity index is 2340. The van der Waals surface area contributed by atoms with Gasteiger partial charge in [-0.2, -0.15) is 0 Å². The molecule has 4 atom stereocenters. The van der Waals surface area contributed by atoms with Gasteiger partial charge in [-0.15, -0.1) is 26.3 Å². The average molecular weight is 787 g/mol. The van der Waals surface area contributed by atoms with Gasteiger partial charge in [0.15, 0.2) is 0 Å². The number of allylic oxidation sites excluding steroid dienone is 8. The molecule has 0 fully saturated rings. The second-order valence-electron chi connectivity index (χ2n) is 15.3. The maximum absolute atomic E-state index is 5.57. The van der Waals surface area contributed by atoms with E-state index in [1.54, 1.807) is 0 Å². The minimum Gasteiger partial charge on any atom is -0.363 e. The largest absolute Gasteiger partial charge is 0.363 e. The molecular formula is C52H50N8. The average Bonchev–Trinajstić information content (AvgIpc) is 4.12. The van der Waals surface area contributed by atoms with Gasteiger partial charge < -0.3 is 29.6 Å². The second kappa shape index (κ2) is 16.9. The zero-order valence-corrected chi connectivity index (χ0v) is 33.8. The summed E-state index contributed by atoms with van der Waals surface area (Å²) in [6.45, 7) is 19.1. The van der Waals surface area contributed by atoms with Crippen molar-refractivity contribution in [3.8, 4) is 0 Å². The van der Waals surface area contributed by atoms with Crippen molar-refractivity contribution in [2.24, 2.45) is 0 Å². The normalized spacial score (nSPS) is 21.1. The Balaban J connectivity index is 1.42. The summed E-state index contributed by atoms with van der Waals surface area (Å²) in [6.07, 6.45) is 50.8. The van der Waals surface area contributed by atoms with Gasteiger partial charge in [0.05, 0.1) is 46.9 Å². The first-order valence-electron chi connectivity index (χ1n) is 20.6. The van der Waals surface area contributed by atoms with Crippen LogP contribution in [0.1, 0.15) is 69.2 Å². The Labute approximate surface area is 352 Å². The molecule has 9 rings (SSSR count). The second-order valence-corrected chi connectivity index (χ2v) is 15.3. The Morgan fingerprint density at radius 2 is 0.650 bits per heavy atom. The molecule has 3 aromatic rings. The third-order valence-electron chi connectivity index (χ3n) is 11.6. The Kier molecular flexibility index (Phi) is 10.7. The highest BCUT2D eigenvalue weighted by atomic mass is 15.2. The van der Waals surface area contributed by atoms with Gasteiger partial charge in [-0.05, 0) is 72.9 Å². The molecule has 2 N–H and O–H groups in total. The number of hydrogen-bond acceptors (Lipinski definition) is 6. The van der Waals surface area contributed by atoms with Crippen molar-refractivity contribution in [1.82, 2.24) is 39.5 Å². The maximum atomic E-state index is 5.57. The van der Waals surface area contributed by atoms with Crippen molar-refractivity contribution in [1.29, 1.82) is 0 Å². The summed E-state index contributed by atoms with van der Waals surface area (Å²) >= 11 is 0. The third-order valence-corrected chi connectivity index (χ3v) is 11.6. The van der Waals surface area contributed by atoms with Crippen LogP contribution in [0.5, 0.6) is 0 Å². The van der Waals surface area contributed by atoms with E-state index in [1.165, 1.54) is 0 Å². The topological polar surface area (TPSA) is 70.3 Å². The first-order chi connectivity index (χ1) is 29.6. The molecule has 8 nitrogen and oxygen atoms in total. The van der Waals surface area contributed by atoms with Crippen LogP contribution >= 0.6 is 0 Å². The molecule has 0 aromatic carbocycles. The number of H-pyrrole nitrogens is 2. The van der Waals surface area contributed by atoms with E-state index in [2.05, 4.69) is 202 Å². The molecule has 9 heterocycles. The summed E-state index contributed by atoms with van der Waals surface area (Å²) in [7, 11) is 0. The molecule has 0 spiro atoms. The predicted molar refractivity (Wildman–Crippen MR) is 251 cm³/mol. The van der Waals surface area contributed by atoms with Crippen LogP contribution in [0, 0.1) is 0 Å². The van der Waals surface area contributed by atoms with E-state index in [1.807, 2.05) is 24.3 Å². The van der Waals surface area contributed by atoms with Crippen molar-refractivity contribution < 1.29 is 0 Å². The molecule has 6 aliphatic rings. The van der Waals surface area contributed by atoms with Gasteiger partial charge in [0.2, 0.25) is 0 Å². The Morgan fingerprint density at radius 3 is 0.883 bits per heavy atom. The van der Waals surface area contributed by atoms with Gasteiger partial charge in [0.25, 0.3) is 0 Å². The molecule has 0 saturated heterocycles. The van der Waals surface area contributed by atoms with E-state index in [0.717, 1.165) is 67.1 Å². The van der Waals surface area contributed by atoms with Gasteiger partial charge in [-0.3, -0.25) is 0 Å². The molecule has 0 aliphatic carbocycles. The number of nitrogens with zero attached hydrogens (tertiary/aromatic N) is 6. The number of rotatable bonds is 12. The summed E-state index contributed by atoms with van der Waals surface area (Å²) < 4.78 is 0. The molecular weight excluding hydrogens is 737 g/mol. The van der Waals surface area contributed by atoms with Crippen LogP contribution in [0.25, 0.3) is 46.4 Å². The number of aromatic amines is 2. The number of nitrogens with one attached hydrogen (secondary N) is 2. The van der Waals surface area contributed by atoms with E-state index in [-0.39, 0.29) is 24.2 Å². The van der Waals surface area contributed by atoms with Crippen molar-refractivity contribution in [2.45, 2.75) is 24.2 Å². The standard InChI is InChI=1S/C52H50N8/c1-5-29-57-33-13-9-17-45(57)49-37-21-23-39(53-37)50(46-18-10-14-34-58(46)30-6-2)41-25-27-43(55-41)52(48-20-12-16-36-60(48)32-8-4)44-28-26-42(56-44)51(40-24-22-38(49)54-40)47-19-11-15-35-59(47)31-7-3/h5-28,33-36,45-48,53,56H,1-4,29-32H2. The fourth-order valence-electron chi connectivity index (χ4n) is 9.01. The summed E-state index contributed by atoms with van der Waals surface area (Å²) in [6, 6.07) is 8.38. The third kappa shape index (κ3) is 7.11. The van der Waals surface area contributed by atoms with Crippen molar-refractivity contribution in [2.75, 3.05) is 26.2 Å². The zero-order valence-electron chi connectivity index (χ0n) is 33.8. The summed E-state index contributed by atoms with van der Waals surface area (Å²) in [4.78, 5) is 28.2. The molecule has 4 unspecified atom stereocenters. The van der Waals surface area contributed by atoms with Crippen molar-refractivity contribution in [3.05, 3.63) is 218 Å². The summed E-state index contributed by atoms with van der Waals surface area (Å²) in [5.41, 5.74) is 11.8. The van der Waals surface area contributed by atoms with E-state index in [0.29, 0.717) is 26.2 Å². The fourth-order valence-corrected chi connectivity index (χ4v) is 9.01. The van der Waals surface area contributed by atoms with Crippen LogP contribution in [-0.2, 0) is 0 Å². The molecule has 298 valence electrons. The van der Waals surface area contributed by atoms with Crippen molar-refractivity contribution >= 4 is 46.4 Å². The minimum absolute atomic E-state index is 0.105. The highest BCUT2D eigenvalue weighted by Crippen LogP contribution is 2.40. The van der Waals surface area contributed by atoms with Crippen molar-refractivity contribution in [3.63, 3.8) is 0 Å². The molecule has 60 heavy (non-hydrogen) atoms. The van der Waals surface area contributed by atoms with E-state index >= 15 is 0 Å². The van der Waals surface area contributed by atoms with Crippen LogP contribution in [0.3, 0.4) is 0 Å². The number of fused-ring (bicyclic) bond motifs is 8. The van der Waals surface area contributed by atoms with Crippen LogP contribution in [0.2, 0.25) is 0 Å². The quantitative estimate of drug-likeness (QED) is 0.123. The highest BCUT2D eigenvalue weighted by Gasteiger charge is 2.29. The smallest absolute Gasteiger partial charge is 0.0769 e. The molecule has 0 saturated carbocycles. The fraction of sp³-hybridized carbons (Fsp3) is 0.154. The Morgan fingerprint density at radius 1 is 0.400 bits per heavy atom. The van der Waals surface area contributed by atoms with E-state index in [9.17, 15) is 0 Å². The van der Waals surface area contributed by atoms with Gasteiger partial charge >= 0.3 is 0 Å². The summed E-state index contributed by atoms with van der Waals surface area (Å²) in [5, 5.41) is 0. The predicted octanol–water partition coefficient (Wildman–Crippen LogP) is 11.1. The lowest BCUT2D eigenvalue weighted by Gasteiger charge is -2.31. The molecule has 0 amide bonds. The SMILES string of the molecule is C=CCN1C=CC=CC1c1c2nc(c(C3C=CC=CN3CC=C)c3ccc([nH]3)c(C3C=CC=CN3CC=C)c3nc(c(C4C=CC=CN4CC=C)c4ccc1[nH]4)C=C3)C=C2. The van der Waals surface area contributed by atoms with Crippen LogP contribution in [0.4, 0.5) is 0 Å². The first-order valence-corrected chi connectivity index (χ1v) is 20.6. The number of aromatic nitrogens is 4. The Hall–Kier alpha value is -7.32. The number of hydrogen-bond donors (Lipinski definition) is 2. The molecule has 6 aliphatic heterocycles. The first kappa shape index (κ1) is 38.2. The lowest BCUT2D eigenvalue weighted by Crippen LogP contribution is -2.25. The molecule has 8 bridgehead atoms. The maximum Gasteiger partial charge on any atom is 0.0769 e. The van der Waals surface area contributed by atoms with E-state index < -0.39 is 0 Å². The lowest BCUT2D eigenvalue weighted by atomic mass is 10.0.